The molecule has 0 aromatic heterocycles. The molecule has 0 bridgehead atoms. The van der Waals surface area contributed by atoms with E-state index in [1.807, 2.05) is 74.1 Å². The van der Waals surface area contributed by atoms with Crippen LogP contribution in [0.3, 0.4) is 0 Å². The van der Waals surface area contributed by atoms with Gasteiger partial charge in [0, 0.05) is 66.1 Å². The molecule has 0 spiro atoms. The van der Waals surface area contributed by atoms with Crippen LogP contribution in [0.2, 0.25) is 0 Å². The molecule has 0 saturated carbocycles. The Morgan fingerprint density at radius 3 is 2.46 bits per heavy atom. The zero-order chi connectivity index (χ0) is 28.1. The highest BCUT2D eigenvalue weighted by Crippen LogP contribution is 2.42. The highest BCUT2D eigenvalue weighted by Gasteiger charge is 2.22. The van der Waals surface area contributed by atoms with Gasteiger partial charge in [-0.05, 0) is 35.9 Å². The van der Waals surface area contributed by atoms with Gasteiger partial charge in [0.15, 0.2) is 0 Å². The van der Waals surface area contributed by atoms with Crippen LogP contribution in [0.1, 0.15) is 20.7 Å². The highest BCUT2D eigenvalue weighted by molar-refractivity contribution is 6.08. The van der Waals surface area contributed by atoms with Gasteiger partial charge in [-0.3, -0.25) is 4.79 Å². The summed E-state index contributed by atoms with van der Waals surface area (Å²) in [6.45, 7) is 1.04. The molecule has 0 radical (unpaired) electrons. The van der Waals surface area contributed by atoms with E-state index >= 15 is 0 Å². The predicted molar refractivity (Wildman–Crippen MR) is 147 cm³/mol. The number of ether oxygens (including phenoxy) is 1. The van der Waals surface area contributed by atoms with Crippen molar-refractivity contribution in [2.45, 2.75) is 0 Å². The number of aromatic carboxylic acids is 1. The normalized spacial score (nSPS) is 11.1. The first kappa shape index (κ1) is 27.8. The first-order chi connectivity index (χ1) is 18.7. The van der Waals surface area contributed by atoms with E-state index in [1.165, 1.54) is 6.07 Å². The molecule has 2 aliphatic rings. The summed E-state index contributed by atoms with van der Waals surface area (Å²) in [6, 6.07) is 16.1. The largest absolute Gasteiger partial charge is 0.545 e. The molecule has 0 saturated heterocycles. The number of carbonyl (C=O) groups excluding carboxylic acids is 2. The molecule has 1 amide bonds. The Balaban J connectivity index is 1.83. The van der Waals surface area contributed by atoms with E-state index in [0.29, 0.717) is 29.1 Å². The number of hydrogen-bond donors (Lipinski definition) is 2. The number of nitrogens with one attached hydrogen (secondary N) is 1. The zero-order valence-corrected chi connectivity index (χ0v) is 22.4. The van der Waals surface area contributed by atoms with E-state index in [0.717, 1.165) is 22.0 Å². The molecule has 0 fully saturated rings. The van der Waals surface area contributed by atoms with Crippen molar-refractivity contribution in [3.63, 3.8) is 0 Å². The second-order valence-electron chi connectivity index (χ2n) is 9.41. The highest BCUT2D eigenvalue weighted by atomic mass is 16.6. The van der Waals surface area contributed by atoms with Crippen LogP contribution in [0.5, 0.6) is 0 Å². The summed E-state index contributed by atoms with van der Waals surface area (Å²) in [4.78, 5) is 31.5. The number of carbonyl (C=O) groups is 2. The van der Waals surface area contributed by atoms with Crippen molar-refractivity contribution in [3.8, 4) is 22.5 Å². The van der Waals surface area contributed by atoms with Crippen LogP contribution in [0, 0.1) is 0 Å². The fraction of sp³-hybridized carbons (Fsp3) is 0.276. The lowest BCUT2D eigenvalue weighted by Crippen LogP contribution is -2.29. The molecular formula is C29H32N4O6. The number of fused-ring (bicyclic) bond motifs is 2. The summed E-state index contributed by atoms with van der Waals surface area (Å²) in [5, 5.41) is 16.8. The van der Waals surface area contributed by atoms with Crippen molar-refractivity contribution in [1.82, 2.24) is 9.89 Å². The van der Waals surface area contributed by atoms with Crippen LogP contribution < -0.4 is 31.2 Å². The van der Waals surface area contributed by atoms with Gasteiger partial charge in [0.2, 0.25) is 5.36 Å². The van der Waals surface area contributed by atoms with Crippen LogP contribution in [-0.4, -0.2) is 66.4 Å². The molecule has 1 aliphatic carbocycles. The van der Waals surface area contributed by atoms with E-state index in [2.05, 4.69) is 10.2 Å². The molecule has 3 N–H and O–H groups in total. The molecule has 10 heteroatoms. The van der Waals surface area contributed by atoms with Gasteiger partial charge in [-0.2, -0.15) is 0 Å². The molecular weight excluding hydrogens is 500 g/mol. The van der Waals surface area contributed by atoms with Crippen molar-refractivity contribution in [1.29, 1.82) is 0 Å². The van der Waals surface area contributed by atoms with Crippen LogP contribution in [0.15, 0.2) is 59.0 Å². The summed E-state index contributed by atoms with van der Waals surface area (Å²) in [7, 11) is 7.75. The van der Waals surface area contributed by atoms with Gasteiger partial charge in [0.05, 0.1) is 31.9 Å². The lowest BCUT2D eigenvalue weighted by Gasteiger charge is -2.20. The predicted octanol–water partition coefficient (Wildman–Crippen LogP) is 1.30. The summed E-state index contributed by atoms with van der Waals surface area (Å²) in [6.07, 6.45) is 0. The third-order valence-corrected chi connectivity index (χ3v) is 6.37. The first-order valence-electron chi connectivity index (χ1n) is 12.4. The van der Waals surface area contributed by atoms with E-state index in [9.17, 15) is 14.7 Å². The van der Waals surface area contributed by atoms with Crippen LogP contribution in [0.4, 0.5) is 5.69 Å². The average Bonchev–Trinajstić information content (AvgIpc) is 2.92. The number of carboxylic acid groups (broad SMARTS) is 1. The topological polar surface area (TPSA) is 133 Å². The minimum Gasteiger partial charge on any atom is -0.545 e. The molecule has 4 rings (SSSR count). The van der Waals surface area contributed by atoms with Gasteiger partial charge < -0.3 is 34.1 Å². The van der Waals surface area contributed by atoms with Gasteiger partial charge in [0.25, 0.3) is 5.91 Å². The molecule has 10 nitrogen and oxygen atoms in total. The number of hydrogen-bond acceptors (Lipinski definition) is 8. The van der Waals surface area contributed by atoms with E-state index < -0.39 is 11.9 Å². The molecule has 0 unspecified atom stereocenters. The van der Waals surface area contributed by atoms with E-state index in [1.54, 1.807) is 12.1 Å². The van der Waals surface area contributed by atoms with Gasteiger partial charge >= 0.3 is 0 Å². The summed E-state index contributed by atoms with van der Waals surface area (Å²) >= 11 is 0. The monoisotopic (exact) mass is 532 g/mol. The maximum absolute atomic E-state index is 12.7. The van der Waals surface area contributed by atoms with Gasteiger partial charge in [0.1, 0.15) is 25.4 Å². The average molecular weight is 533 g/mol. The Bertz CT molecular complexity index is 1560. The third-order valence-electron chi connectivity index (χ3n) is 6.37. The second-order valence-corrected chi connectivity index (χ2v) is 9.41. The van der Waals surface area contributed by atoms with E-state index in [4.69, 9.17) is 15.1 Å². The molecule has 2 aromatic carbocycles. The second kappa shape index (κ2) is 12.1. The van der Waals surface area contributed by atoms with Crippen LogP contribution >= 0.6 is 0 Å². The van der Waals surface area contributed by atoms with Gasteiger partial charge in [-0.15, -0.1) is 0 Å². The van der Waals surface area contributed by atoms with Crippen molar-refractivity contribution in [2.24, 2.45) is 5.90 Å². The number of anilines is 1. The molecule has 1 aliphatic heterocycles. The number of amides is 1. The number of rotatable bonds is 10. The zero-order valence-electron chi connectivity index (χ0n) is 22.4. The number of nitrogens with zero attached hydrogens (tertiary/aromatic N) is 2. The standard InChI is InChI=1S/C29H32N4O6/c1-32(2)19-6-9-22-25(16-19)39-26-17-20(33(3)4)7-10-23(26)27(22)21-8-5-18(15-24(21)29(35)36)28(34)31-11-12-37-13-14-38-30/h5-10,15-17H,11-14,30H2,1-4H3,(H-,31,34,35,36). The number of nitrogens with two attached hydrogens (primary N) is 1. The van der Waals surface area contributed by atoms with Crippen LogP contribution in [0.25, 0.3) is 33.4 Å². The first-order valence-corrected chi connectivity index (χ1v) is 12.4. The lowest BCUT2D eigenvalue weighted by molar-refractivity contribution is -0.254. The maximum Gasteiger partial charge on any atom is 0.251 e. The third kappa shape index (κ3) is 6.09. The fourth-order valence-corrected chi connectivity index (χ4v) is 4.33. The Morgan fingerprint density at radius 2 is 1.77 bits per heavy atom. The SMILES string of the molecule is CN(C)c1ccc2c(-c3ccc(C(=O)NCCOCCON)cc3C(=O)[O-])c3ccc(=[N+](C)C)cc-3oc2c1. The van der Waals surface area contributed by atoms with Crippen molar-refractivity contribution in [2.75, 3.05) is 59.5 Å². The summed E-state index contributed by atoms with van der Waals surface area (Å²) < 4.78 is 13.6. The fourth-order valence-electron chi connectivity index (χ4n) is 4.33. The quantitative estimate of drug-likeness (QED) is 0.135. The van der Waals surface area contributed by atoms with Crippen molar-refractivity contribution < 1.29 is 28.7 Å². The Labute approximate surface area is 226 Å². The molecule has 2 aromatic rings. The maximum atomic E-state index is 12.7. The number of carboxylic acids is 1. The molecule has 39 heavy (non-hydrogen) atoms. The summed E-state index contributed by atoms with van der Waals surface area (Å²) in [5.41, 5.74) is 3.49. The summed E-state index contributed by atoms with van der Waals surface area (Å²) in [5.74, 6) is 3.74. The van der Waals surface area contributed by atoms with Gasteiger partial charge in [-0.25, -0.2) is 10.5 Å². The van der Waals surface area contributed by atoms with E-state index in [-0.39, 0.29) is 30.9 Å². The molecule has 204 valence electrons. The molecule has 1 heterocycles. The van der Waals surface area contributed by atoms with Gasteiger partial charge in [-0.1, -0.05) is 6.07 Å². The molecule has 0 atom stereocenters. The van der Waals surface area contributed by atoms with Crippen molar-refractivity contribution >= 4 is 28.5 Å². The minimum absolute atomic E-state index is 0.0961. The number of benzene rings is 3. The smallest absolute Gasteiger partial charge is 0.251 e. The van der Waals surface area contributed by atoms with Crippen molar-refractivity contribution in [3.05, 3.63) is 71.1 Å². The Kier molecular flexibility index (Phi) is 8.60. The minimum atomic E-state index is -1.39. The lowest BCUT2D eigenvalue weighted by atomic mass is 9.89. The van der Waals surface area contributed by atoms with Crippen LogP contribution in [-0.2, 0) is 9.57 Å². The Morgan fingerprint density at radius 1 is 1.00 bits per heavy atom. The Hall–Kier alpha value is -4.25.